The third-order valence-electron chi connectivity index (χ3n) is 19.4. The van der Waals surface area contributed by atoms with Gasteiger partial charge in [0, 0.05) is 12.8 Å². The number of aliphatic hydroxyl groups excluding tert-OH is 2. The molecule has 2 atom stereocenters. The third kappa shape index (κ3) is 75.1. The van der Waals surface area contributed by atoms with Gasteiger partial charge in [-0.3, -0.25) is 9.59 Å². The van der Waals surface area contributed by atoms with E-state index in [1.807, 2.05) is 0 Å². The molecule has 3 N–H and O–H groups in total. The molecule has 0 saturated carbocycles. The van der Waals surface area contributed by atoms with Gasteiger partial charge >= 0.3 is 5.97 Å². The van der Waals surface area contributed by atoms with Gasteiger partial charge in [-0.25, -0.2) is 0 Å². The zero-order valence-corrected chi connectivity index (χ0v) is 61.1. The molecule has 0 radical (unpaired) electrons. The lowest BCUT2D eigenvalue weighted by molar-refractivity contribution is -0.143. The van der Waals surface area contributed by atoms with Crippen molar-refractivity contribution in [3.8, 4) is 0 Å². The highest BCUT2D eigenvalue weighted by Crippen LogP contribution is 2.20. The first-order chi connectivity index (χ1) is 44.5. The predicted molar refractivity (Wildman–Crippen MR) is 398 cm³/mol. The number of ether oxygens (including phenoxy) is 1. The van der Waals surface area contributed by atoms with Gasteiger partial charge in [0.1, 0.15) is 0 Å². The van der Waals surface area contributed by atoms with Gasteiger partial charge in [-0.05, 0) is 83.5 Å². The molecule has 0 spiro atoms. The molecule has 0 aliphatic rings. The van der Waals surface area contributed by atoms with Crippen LogP contribution in [0.4, 0.5) is 0 Å². The average Bonchev–Trinajstić information content (AvgIpc) is 3.59. The minimum Gasteiger partial charge on any atom is -0.466 e. The largest absolute Gasteiger partial charge is 0.466 e. The smallest absolute Gasteiger partial charge is 0.305 e. The quantitative estimate of drug-likeness (QED) is 0.0320. The molecule has 0 aromatic rings. The van der Waals surface area contributed by atoms with Crippen LogP contribution < -0.4 is 5.32 Å². The number of esters is 1. The molecule has 0 fully saturated rings. The van der Waals surface area contributed by atoms with Crippen LogP contribution in [0, 0.1) is 0 Å². The maximum Gasteiger partial charge on any atom is 0.305 e. The van der Waals surface area contributed by atoms with Crippen LogP contribution in [0.25, 0.3) is 0 Å². The molecule has 532 valence electrons. The van der Waals surface area contributed by atoms with Crippen LogP contribution in [0.3, 0.4) is 0 Å². The van der Waals surface area contributed by atoms with Gasteiger partial charge in [-0.15, -0.1) is 0 Å². The second kappa shape index (κ2) is 79.5. The first-order valence-corrected chi connectivity index (χ1v) is 41.2. The summed E-state index contributed by atoms with van der Waals surface area (Å²) in [4.78, 5) is 24.7. The molecule has 0 bridgehead atoms. The Kier molecular flexibility index (Phi) is 77.8. The first-order valence-electron chi connectivity index (χ1n) is 41.2. The van der Waals surface area contributed by atoms with E-state index in [1.54, 1.807) is 0 Å². The van der Waals surface area contributed by atoms with Crippen LogP contribution in [0.1, 0.15) is 463 Å². The Morgan fingerprint density at radius 3 is 0.878 bits per heavy atom. The van der Waals surface area contributed by atoms with E-state index >= 15 is 0 Å². The Hall–Kier alpha value is -1.92. The second-order valence-corrected chi connectivity index (χ2v) is 28.5. The molecule has 0 saturated heterocycles. The highest BCUT2D eigenvalue weighted by molar-refractivity contribution is 5.76. The van der Waals surface area contributed by atoms with Crippen molar-refractivity contribution in [2.75, 3.05) is 13.2 Å². The summed E-state index contributed by atoms with van der Waals surface area (Å²) in [6.07, 6.45) is 104. The molecular formula is C84H161NO5. The minimum atomic E-state index is -0.664. The monoisotopic (exact) mass is 1260 g/mol. The van der Waals surface area contributed by atoms with Gasteiger partial charge in [0.2, 0.25) is 5.91 Å². The van der Waals surface area contributed by atoms with Crippen molar-refractivity contribution in [3.05, 3.63) is 36.5 Å². The Balaban J connectivity index is 3.36. The van der Waals surface area contributed by atoms with Crippen molar-refractivity contribution in [2.24, 2.45) is 0 Å². The van der Waals surface area contributed by atoms with Crippen molar-refractivity contribution in [1.82, 2.24) is 5.32 Å². The van der Waals surface area contributed by atoms with Crippen molar-refractivity contribution >= 4 is 11.9 Å². The minimum absolute atomic E-state index is 0.0113. The van der Waals surface area contributed by atoms with Crippen LogP contribution in [-0.2, 0) is 14.3 Å². The van der Waals surface area contributed by atoms with Gasteiger partial charge in [0.05, 0.1) is 25.4 Å². The van der Waals surface area contributed by atoms with Crippen molar-refractivity contribution < 1.29 is 24.5 Å². The maximum atomic E-state index is 12.6. The lowest BCUT2D eigenvalue weighted by atomic mass is 10.0. The fourth-order valence-electron chi connectivity index (χ4n) is 13.1. The van der Waals surface area contributed by atoms with Crippen LogP contribution in [-0.4, -0.2) is 47.4 Å². The number of aliphatic hydroxyl groups is 2. The van der Waals surface area contributed by atoms with Gasteiger partial charge in [0.15, 0.2) is 0 Å². The summed E-state index contributed by atoms with van der Waals surface area (Å²) < 4.78 is 5.51. The summed E-state index contributed by atoms with van der Waals surface area (Å²) >= 11 is 0. The lowest BCUT2D eigenvalue weighted by Gasteiger charge is -2.22. The topological polar surface area (TPSA) is 95.9 Å². The van der Waals surface area contributed by atoms with E-state index in [-0.39, 0.29) is 18.5 Å². The lowest BCUT2D eigenvalue weighted by Crippen LogP contribution is -2.45. The van der Waals surface area contributed by atoms with Crippen LogP contribution in [0.15, 0.2) is 36.5 Å². The van der Waals surface area contributed by atoms with Gasteiger partial charge in [-0.1, -0.05) is 403 Å². The first kappa shape index (κ1) is 88.1. The van der Waals surface area contributed by atoms with E-state index in [2.05, 4.69) is 55.6 Å². The highest BCUT2D eigenvalue weighted by Gasteiger charge is 2.20. The summed E-state index contributed by atoms with van der Waals surface area (Å²) in [7, 11) is 0. The summed E-state index contributed by atoms with van der Waals surface area (Å²) in [5, 5.41) is 23.5. The number of allylic oxidation sites excluding steroid dienone is 6. The molecule has 1 amide bonds. The molecule has 6 nitrogen and oxygen atoms in total. The number of amides is 1. The molecule has 0 aromatic carbocycles. The molecule has 6 heteroatoms. The van der Waals surface area contributed by atoms with E-state index in [0.29, 0.717) is 25.9 Å². The van der Waals surface area contributed by atoms with Crippen LogP contribution in [0.5, 0.6) is 0 Å². The van der Waals surface area contributed by atoms with Crippen molar-refractivity contribution in [1.29, 1.82) is 0 Å². The standard InChI is InChI=1S/C84H161NO5/c1-3-5-7-9-11-13-15-17-19-21-22-23-24-35-38-41-45-48-52-56-60-64-68-72-76-82(87)81(80-86)85-83(88)77-73-69-65-61-57-53-49-46-42-39-36-33-31-29-27-25-26-28-30-32-34-37-40-43-47-51-55-59-63-67-71-75-79-90-84(89)78-74-70-66-62-58-54-50-44-20-18-16-14-12-10-8-6-4-2/h12,14,18,20,28,30,81-82,86-87H,3-11,13,15-17,19,21-27,29,31-80H2,1-2H3,(H,85,88)/b14-12-,20-18-,30-28-. The molecule has 0 aliphatic heterocycles. The van der Waals surface area contributed by atoms with Crippen LogP contribution >= 0.6 is 0 Å². The molecule has 2 unspecified atom stereocenters. The molecule has 0 aromatic heterocycles. The normalized spacial score (nSPS) is 12.6. The van der Waals surface area contributed by atoms with Crippen molar-refractivity contribution in [3.63, 3.8) is 0 Å². The average molecular weight is 1270 g/mol. The van der Waals surface area contributed by atoms with Crippen LogP contribution in [0.2, 0.25) is 0 Å². The number of unbranched alkanes of at least 4 members (excludes halogenated alkanes) is 61. The van der Waals surface area contributed by atoms with E-state index in [0.717, 1.165) is 51.4 Å². The summed E-state index contributed by atoms with van der Waals surface area (Å²) in [5.41, 5.74) is 0. The predicted octanol–water partition coefficient (Wildman–Crippen LogP) is 27.4. The van der Waals surface area contributed by atoms with Gasteiger partial charge < -0.3 is 20.3 Å². The van der Waals surface area contributed by atoms with E-state index < -0.39 is 12.1 Å². The van der Waals surface area contributed by atoms with E-state index in [9.17, 15) is 19.8 Å². The molecule has 0 heterocycles. The second-order valence-electron chi connectivity index (χ2n) is 28.5. The summed E-state index contributed by atoms with van der Waals surface area (Å²) in [6, 6.07) is -0.541. The maximum absolute atomic E-state index is 12.6. The molecular weight excluding hydrogens is 1100 g/mol. The number of carbonyl (C=O) groups excluding carboxylic acids is 2. The van der Waals surface area contributed by atoms with Gasteiger partial charge in [-0.2, -0.15) is 0 Å². The van der Waals surface area contributed by atoms with E-state index in [1.165, 1.54) is 379 Å². The fraction of sp³-hybridized carbons (Fsp3) is 0.905. The number of rotatable bonds is 78. The highest BCUT2D eigenvalue weighted by atomic mass is 16.5. The van der Waals surface area contributed by atoms with Crippen molar-refractivity contribution in [2.45, 2.75) is 475 Å². The third-order valence-corrected chi connectivity index (χ3v) is 19.4. The number of hydrogen-bond acceptors (Lipinski definition) is 5. The zero-order chi connectivity index (χ0) is 64.9. The Morgan fingerprint density at radius 2 is 0.556 bits per heavy atom. The van der Waals surface area contributed by atoms with E-state index in [4.69, 9.17) is 4.74 Å². The molecule has 0 aliphatic carbocycles. The number of hydrogen-bond donors (Lipinski definition) is 3. The Bertz CT molecular complexity index is 1460. The molecule has 0 rings (SSSR count). The SMILES string of the molecule is CCCCC/C=C\C/C=C\CCCCCCCCCC(=O)OCCCCCCCCCCCCCC/C=C\CCCCCCCCCCCCCCCCCCC(=O)NC(CO)C(O)CCCCCCCCCCCCCCCCCCCCCCCCCC. The summed E-state index contributed by atoms with van der Waals surface area (Å²) in [5.74, 6) is -0.0154. The number of nitrogens with one attached hydrogen (secondary N) is 1. The van der Waals surface area contributed by atoms with Gasteiger partial charge in [0.25, 0.3) is 0 Å². The zero-order valence-electron chi connectivity index (χ0n) is 61.1. The summed E-state index contributed by atoms with van der Waals surface area (Å²) in [6.45, 7) is 4.98. The number of carbonyl (C=O) groups is 2. The fourth-order valence-corrected chi connectivity index (χ4v) is 13.1. The Morgan fingerprint density at radius 1 is 0.311 bits per heavy atom. The Labute approximate surface area is 564 Å². The molecule has 90 heavy (non-hydrogen) atoms.